The molecule has 0 aliphatic heterocycles. The van der Waals surface area contributed by atoms with Gasteiger partial charge in [-0.05, 0) is 0 Å². The highest BCUT2D eigenvalue weighted by Crippen LogP contribution is 1.88. The second kappa shape index (κ2) is 5.36. The highest BCUT2D eigenvalue weighted by molar-refractivity contribution is 5.74. The van der Waals surface area contributed by atoms with E-state index >= 15 is 0 Å². The molecule has 12 heavy (non-hydrogen) atoms. The molecule has 0 fully saturated rings. The zero-order valence-electron chi connectivity index (χ0n) is 6.70. The molecule has 0 radical (unpaired) electrons. The van der Waals surface area contributed by atoms with Gasteiger partial charge in [-0.2, -0.15) is 0 Å². The second-order valence-electron chi connectivity index (χ2n) is 2.15. The van der Waals surface area contributed by atoms with Crippen molar-refractivity contribution in [3.05, 3.63) is 0 Å². The number of carboxylic acids is 1. The Morgan fingerprint density at radius 2 is 2.08 bits per heavy atom. The average Bonchev–Trinajstić information content (AvgIpc) is 2.03. The zero-order chi connectivity index (χ0) is 9.56. The Bertz CT molecular complexity index is 171. The van der Waals surface area contributed by atoms with E-state index in [0.717, 1.165) is 0 Å². The van der Waals surface area contributed by atoms with Crippen molar-refractivity contribution in [2.75, 3.05) is 13.6 Å². The standard InChI is InChI=1S/C6H12N2O4/c1-7-6(12)8-3-2-4(9)5(10)11/h4,9H,2-3H2,1H3,(H,10,11)(H2,7,8,12)/t4-/m0/s1. The first-order valence-corrected chi connectivity index (χ1v) is 3.44. The maximum atomic E-state index is 10.5. The minimum absolute atomic E-state index is 0.00273. The van der Waals surface area contributed by atoms with Crippen LogP contribution in [0, 0.1) is 0 Å². The van der Waals surface area contributed by atoms with Crippen molar-refractivity contribution in [3.63, 3.8) is 0 Å². The van der Waals surface area contributed by atoms with Gasteiger partial charge in [0.05, 0.1) is 0 Å². The summed E-state index contributed by atoms with van der Waals surface area (Å²) in [6, 6.07) is -0.396. The largest absolute Gasteiger partial charge is 0.479 e. The van der Waals surface area contributed by atoms with Crippen LogP contribution < -0.4 is 10.6 Å². The quantitative estimate of drug-likeness (QED) is 0.430. The topological polar surface area (TPSA) is 98.7 Å². The number of aliphatic hydroxyl groups excluding tert-OH is 1. The molecule has 6 nitrogen and oxygen atoms in total. The van der Waals surface area contributed by atoms with Crippen molar-refractivity contribution < 1.29 is 19.8 Å². The highest BCUT2D eigenvalue weighted by Gasteiger charge is 2.12. The molecule has 0 aromatic carbocycles. The molecule has 0 aromatic rings. The monoisotopic (exact) mass is 176 g/mol. The van der Waals surface area contributed by atoms with E-state index in [4.69, 9.17) is 10.2 Å². The molecule has 0 rings (SSSR count). The highest BCUT2D eigenvalue weighted by atomic mass is 16.4. The molecule has 4 N–H and O–H groups in total. The smallest absolute Gasteiger partial charge is 0.332 e. The van der Waals surface area contributed by atoms with Crippen LogP contribution >= 0.6 is 0 Å². The predicted octanol–water partition coefficient (Wildman–Crippen LogP) is -1.25. The van der Waals surface area contributed by atoms with Gasteiger partial charge in [-0.3, -0.25) is 0 Å². The minimum atomic E-state index is -1.41. The van der Waals surface area contributed by atoms with Gasteiger partial charge in [-0.1, -0.05) is 0 Å². The van der Waals surface area contributed by atoms with Crippen LogP contribution in [0.2, 0.25) is 0 Å². The Morgan fingerprint density at radius 1 is 1.50 bits per heavy atom. The van der Waals surface area contributed by atoms with Gasteiger partial charge in [0.15, 0.2) is 6.10 Å². The van der Waals surface area contributed by atoms with Crippen LogP contribution in [0.3, 0.4) is 0 Å². The summed E-state index contributed by atoms with van der Waals surface area (Å²) in [5, 5.41) is 21.6. The molecule has 0 aliphatic rings. The average molecular weight is 176 g/mol. The number of nitrogens with one attached hydrogen (secondary N) is 2. The molecule has 0 unspecified atom stereocenters. The number of aliphatic carboxylic acids is 1. The van der Waals surface area contributed by atoms with Gasteiger partial charge in [0, 0.05) is 20.0 Å². The van der Waals surface area contributed by atoms with Gasteiger partial charge in [0.1, 0.15) is 0 Å². The van der Waals surface area contributed by atoms with Crippen molar-refractivity contribution in [2.24, 2.45) is 0 Å². The third-order valence-corrected chi connectivity index (χ3v) is 1.22. The van der Waals surface area contributed by atoms with Crippen molar-refractivity contribution >= 4 is 12.0 Å². The lowest BCUT2D eigenvalue weighted by Crippen LogP contribution is -2.35. The minimum Gasteiger partial charge on any atom is -0.479 e. The third kappa shape index (κ3) is 4.51. The Labute approximate surface area is 69.6 Å². The van der Waals surface area contributed by atoms with Crippen LogP contribution in [-0.4, -0.2) is 41.9 Å². The van der Waals surface area contributed by atoms with Crippen LogP contribution in [0.4, 0.5) is 4.79 Å². The Kier molecular flexibility index (Phi) is 4.78. The van der Waals surface area contributed by atoms with E-state index in [0.29, 0.717) is 0 Å². The van der Waals surface area contributed by atoms with Crippen LogP contribution in [-0.2, 0) is 4.79 Å². The van der Waals surface area contributed by atoms with Gasteiger partial charge in [-0.15, -0.1) is 0 Å². The van der Waals surface area contributed by atoms with Crippen LogP contribution in [0.1, 0.15) is 6.42 Å². The van der Waals surface area contributed by atoms with Crippen molar-refractivity contribution in [1.29, 1.82) is 0 Å². The van der Waals surface area contributed by atoms with Crippen LogP contribution in [0.25, 0.3) is 0 Å². The third-order valence-electron chi connectivity index (χ3n) is 1.22. The molecule has 0 saturated carbocycles. The molecule has 1 atom stereocenters. The maximum Gasteiger partial charge on any atom is 0.332 e. The first-order chi connectivity index (χ1) is 5.57. The molecular weight excluding hydrogens is 164 g/mol. The first-order valence-electron chi connectivity index (χ1n) is 3.44. The molecule has 6 heteroatoms. The van der Waals surface area contributed by atoms with Gasteiger partial charge in [-0.25, -0.2) is 9.59 Å². The van der Waals surface area contributed by atoms with E-state index in [9.17, 15) is 9.59 Å². The number of aliphatic hydroxyl groups is 1. The molecule has 70 valence electrons. The molecule has 0 spiro atoms. The van der Waals surface area contributed by atoms with Crippen molar-refractivity contribution in [3.8, 4) is 0 Å². The number of carbonyl (C=O) groups is 2. The Hall–Kier alpha value is -1.30. The zero-order valence-corrected chi connectivity index (χ0v) is 6.70. The summed E-state index contributed by atoms with van der Waals surface area (Å²) in [4.78, 5) is 20.6. The van der Waals surface area contributed by atoms with E-state index in [2.05, 4.69) is 10.6 Å². The number of carboxylic acid groups (broad SMARTS) is 1. The van der Waals surface area contributed by atoms with Gasteiger partial charge in [0.25, 0.3) is 0 Å². The van der Waals surface area contributed by atoms with E-state index < -0.39 is 18.1 Å². The van der Waals surface area contributed by atoms with Gasteiger partial charge in [0.2, 0.25) is 0 Å². The predicted molar refractivity (Wildman–Crippen MR) is 40.7 cm³/mol. The lowest BCUT2D eigenvalue weighted by Gasteiger charge is -2.06. The summed E-state index contributed by atoms with van der Waals surface area (Å²) in [5.41, 5.74) is 0. The summed E-state index contributed by atoms with van der Waals surface area (Å²) < 4.78 is 0. The first kappa shape index (κ1) is 10.7. The summed E-state index contributed by atoms with van der Waals surface area (Å²) >= 11 is 0. The molecule has 0 aromatic heterocycles. The number of hydrogen-bond acceptors (Lipinski definition) is 3. The van der Waals surface area contributed by atoms with E-state index in [1.807, 2.05) is 0 Å². The van der Waals surface area contributed by atoms with Gasteiger partial charge >= 0.3 is 12.0 Å². The number of amides is 2. The van der Waals surface area contributed by atoms with E-state index in [1.54, 1.807) is 0 Å². The van der Waals surface area contributed by atoms with E-state index in [-0.39, 0.29) is 13.0 Å². The molecule has 0 heterocycles. The van der Waals surface area contributed by atoms with Gasteiger partial charge < -0.3 is 20.8 Å². The number of carbonyl (C=O) groups excluding carboxylic acids is 1. The van der Waals surface area contributed by atoms with Crippen LogP contribution in [0.15, 0.2) is 0 Å². The Balaban J connectivity index is 3.43. The van der Waals surface area contributed by atoms with Crippen molar-refractivity contribution in [1.82, 2.24) is 10.6 Å². The fourth-order valence-electron chi connectivity index (χ4n) is 0.534. The lowest BCUT2D eigenvalue weighted by molar-refractivity contribution is -0.146. The fraction of sp³-hybridized carbons (Fsp3) is 0.667. The summed E-state index contributed by atoms with van der Waals surface area (Å²) in [6.45, 7) is 0.132. The van der Waals surface area contributed by atoms with Crippen molar-refractivity contribution in [2.45, 2.75) is 12.5 Å². The molecule has 0 bridgehead atoms. The molecule has 0 aliphatic carbocycles. The molecule has 2 amide bonds. The lowest BCUT2D eigenvalue weighted by atomic mass is 10.2. The number of rotatable bonds is 4. The van der Waals surface area contributed by atoms with Crippen LogP contribution in [0.5, 0.6) is 0 Å². The number of urea groups is 1. The fourth-order valence-corrected chi connectivity index (χ4v) is 0.534. The molecule has 0 saturated heterocycles. The maximum absolute atomic E-state index is 10.5. The normalized spacial score (nSPS) is 11.8. The van der Waals surface area contributed by atoms with E-state index in [1.165, 1.54) is 7.05 Å². The SMILES string of the molecule is CNC(=O)NCC[C@H](O)C(=O)O. The summed E-state index contributed by atoms with van der Waals surface area (Å²) in [7, 11) is 1.45. The summed E-state index contributed by atoms with van der Waals surface area (Å²) in [6.07, 6.45) is -1.41. The second-order valence-corrected chi connectivity index (χ2v) is 2.15. The molecular formula is C6H12N2O4. The number of hydrogen-bond donors (Lipinski definition) is 4. The summed E-state index contributed by atoms with van der Waals surface area (Å²) in [5.74, 6) is -1.28. The Morgan fingerprint density at radius 3 is 2.50 bits per heavy atom.